The molecule has 1 amide bonds. The minimum atomic E-state index is -3.75. The third-order valence-corrected chi connectivity index (χ3v) is 7.68. The minimum absolute atomic E-state index is 0.0944. The number of anilines is 1. The van der Waals surface area contributed by atoms with E-state index in [9.17, 15) is 18.0 Å². The van der Waals surface area contributed by atoms with Crippen LogP contribution in [0.5, 0.6) is 5.75 Å². The van der Waals surface area contributed by atoms with Crippen LogP contribution in [0, 0.1) is 5.92 Å². The highest BCUT2D eigenvalue weighted by Crippen LogP contribution is 2.36. The van der Waals surface area contributed by atoms with Gasteiger partial charge < -0.3 is 14.4 Å². The fourth-order valence-corrected chi connectivity index (χ4v) is 5.84. The second-order valence-corrected chi connectivity index (χ2v) is 10.1. The van der Waals surface area contributed by atoms with Crippen molar-refractivity contribution in [1.82, 2.24) is 4.90 Å². The monoisotopic (exact) mass is 472 g/mol. The van der Waals surface area contributed by atoms with Crippen LogP contribution in [0.3, 0.4) is 0 Å². The molecule has 8 nitrogen and oxygen atoms in total. The second kappa shape index (κ2) is 9.82. The highest BCUT2D eigenvalue weighted by Gasteiger charge is 2.39. The Hall–Kier alpha value is -3.07. The van der Waals surface area contributed by atoms with E-state index in [1.54, 1.807) is 60.4 Å². The van der Waals surface area contributed by atoms with Crippen LogP contribution < -0.4 is 9.04 Å². The van der Waals surface area contributed by atoms with Crippen molar-refractivity contribution in [3.05, 3.63) is 60.2 Å². The third kappa shape index (κ3) is 5.13. The van der Waals surface area contributed by atoms with Gasteiger partial charge in [-0.2, -0.15) is 0 Å². The number of piperidine rings is 1. The lowest BCUT2D eigenvalue weighted by Crippen LogP contribution is -2.53. The van der Waals surface area contributed by atoms with E-state index >= 15 is 0 Å². The quantitative estimate of drug-likeness (QED) is 0.600. The van der Waals surface area contributed by atoms with Gasteiger partial charge >= 0.3 is 5.97 Å². The van der Waals surface area contributed by atoms with Crippen LogP contribution in [0.25, 0.3) is 0 Å². The summed E-state index contributed by atoms with van der Waals surface area (Å²) in [7, 11) is -3.75. The first-order valence-electron chi connectivity index (χ1n) is 11.1. The Labute approximate surface area is 194 Å². The van der Waals surface area contributed by atoms with E-state index in [-0.39, 0.29) is 30.1 Å². The van der Waals surface area contributed by atoms with Gasteiger partial charge in [-0.3, -0.25) is 13.9 Å². The molecule has 2 aliphatic rings. The average Bonchev–Trinajstić information content (AvgIpc) is 2.83. The van der Waals surface area contributed by atoms with Crippen LogP contribution in [0.2, 0.25) is 0 Å². The van der Waals surface area contributed by atoms with E-state index in [0.29, 0.717) is 49.5 Å². The number of carbonyl (C=O) groups excluding carboxylic acids is 2. The second-order valence-electron chi connectivity index (χ2n) is 8.20. The molecule has 9 heteroatoms. The first kappa shape index (κ1) is 23.1. The van der Waals surface area contributed by atoms with Crippen molar-refractivity contribution >= 4 is 27.6 Å². The third-order valence-electron chi connectivity index (χ3n) is 5.96. The van der Waals surface area contributed by atoms with Gasteiger partial charge in [-0.05, 0) is 37.5 Å². The number of carbonyl (C=O) groups is 2. The van der Waals surface area contributed by atoms with E-state index in [0.717, 1.165) is 0 Å². The highest BCUT2D eigenvalue weighted by atomic mass is 32.2. The maximum Gasteiger partial charge on any atom is 0.309 e. The number of hydrogen-bond donors (Lipinski definition) is 0. The van der Waals surface area contributed by atoms with Gasteiger partial charge in [0.2, 0.25) is 10.0 Å². The zero-order valence-corrected chi connectivity index (χ0v) is 19.4. The standard InChI is InChI=1S/C24H28N2O6S/c1-2-31-24(28)19-12-14-25(15-13-19)23(27)22-16-26(20-10-6-7-11-21(20)32-22)33(29,30)17-18-8-4-3-5-9-18/h3-11,19,22H,2,12-17H2,1H3/t22-/m0/s1. The lowest BCUT2D eigenvalue weighted by atomic mass is 9.96. The van der Waals surface area contributed by atoms with E-state index in [4.69, 9.17) is 9.47 Å². The molecule has 1 atom stereocenters. The molecule has 4 rings (SSSR count). The van der Waals surface area contributed by atoms with Gasteiger partial charge in [-0.1, -0.05) is 42.5 Å². The predicted octanol–water partition coefficient (Wildman–Crippen LogP) is 2.59. The number of likely N-dealkylation sites (tertiary alicyclic amines) is 1. The Morgan fingerprint density at radius 1 is 1.03 bits per heavy atom. The van der Waals surface area contributed by atoms with Crippen LogP contribution in [0.1, 0.15) is 25.3 Å². The number of benzene rings is 2. The fourth-order valence-electron chi connectivity index (χ4n) is 4.26. The maximum absolute atomic E-state index is 13.3. The van der Waals surface area contributed by atoms with E-state index in [1.165, 1.54) is 4.31 Å². The minimum Gasteiger partial charge on any atom is -0.476 e. The van der Waals surface area contributed by atoms with Gasteiger partial charge in [0, 0.05) is 13.1 Å². The molecule has 33 heavy (non-hydrogen) atoms. The topological polar surface area (TPSA) is 93.2 Å². The molecule has 0 unspecified atom stereocenters. The molecule has 0 aromatic heterocycles. The Balaban J connectivity index is 1.51. The zero-order valence-electron chi connectivity index (χ0n) is 18.6. The summed E-state index contributed by atoms with van der Waals surface area (Å²) in [5, 5.41) is 0. The lowest BCUT2D eigenvalue weighted by Gasteiger charge is -2.38. The lowest BCUT2D eigenvalue weighted by molar-refractivity contribution is -0.152. The van der Waals surface area contributed by atoms with E-state index in [1.807, 2.05) is 6.07 Å². The van der Waals surface area contributed by atoms with Crippen LogP contribution >= 0.6 is 0 Å². The summed E-state index contributed by atoms with van der Waals surface area (Å²) in [5.74, 6) is -0.532. The molecule has 0 spiro atoms. The fraction of sp³-hybridized carbons (Fsp3) is 0.417. The molecule has 2 aliphatic heterocycles. The highest BCUT2D eigenvalue weighted by molar-refractivity contribution is 7.92. The first-order chi connectivity index (χ1) is 15.9. The average molecular weight is 473 g/mol. The van der Waals surface area contributed by atoms with Crippen molar-refractivity contribution in [3.63, 3.8) is 0 Å². The van der Waals surface area contributed by atoms with Crippen LogP contribution in [-0.2, 0) is 30.1 Å². The first-order valence-corrected chi connectivity index (χ1v) is 12.8. The summed E-state index contributed by atoms with van der Waals surface area (Å²) < 4.78 is 39.0. The Bertz CT molecular complexity index is 1100. The number of amides is 1. The molecule has 0 saturated carbocycles. The smallest absolute Gasteiger partial charge is 0.309 e. The molecule has 1 fully saturated rings. The Morgan fingerprint density at radius 2 is 1.70 bits per heavy atom. The van der Waals surface area contributed by atoms with Crippen LogP contribution in [-0.4, -0.2) is 57.5 Å². The van der Waals surface area contributed by atoms with E-state index in [2.05, 4.69) is 0 Å². The number of nitrogens with zero attached hydrogens (tertiary/aromatic N) is 2. The maximum atomic E-state index is 13.3. The molecule has 1 saturated heterocycles. The zero-order chi connectivity index (χ0) is 23.4. The number of ether oxygens (including phenoxy) is 2. The normalized spacial score (nSPS) is 18.9. The van der Waals surface area contributed by atoms with Gasteiger partial charge in [0.1, 0.15) is 5.75 Å². The van der Waals surface area contributed by atoms with E-state index < -0.39 is 16.1 Å². The summed E-state index contributed by atoms with van der Waals surface area (Å²) in [4.78, 5) is 26.9. The molecule has 0 bridgehead atoms. The van der Waals surface area contributed by atoms with Gasteiger partial charge in [0.15, 0.2) is 6.10 Å². The largest absolute Gasteiger partial charge is 0.476 e. The number of rotatable bonds is 6. The number of sulfonamides is 1. The van der Waals surface area contributed by atoms with Crippen LogP contribution in [0.4, 0.5) is 5.69 Å². The molecule has 0 N–H and O–H groups in total. The number of hydrogen-bond acceptors (Lipinski definition) is 6. The molecule has 0 radical (unpaired) electrons. The van der Waals surface area contributed by atoms with Gasteiger partial charge in [0.05, 0.1) is 30.5 Å². The molecule has 0 aliphatic carbocycles. The van der Waals surface area contributed by atoms with Gasteiger partial charge in [-0.25, -0.2) is 8.42 Å². The summed E-state index contributed by atoms with van der Waals surface area (Å²) in [6.45, 7) is 2.82. The Kier molecular flexibility index (Phi) is 6.88. The summed E-state index contributed by atoms with van der Waals surface area (Å²) in [6.07, 6.45) is 0.0814. The van der Waals surface area contributed by atoms with Crippen molar-refractivity contribution < 1.29 is 27.5 Å². The van der Waals surface area contributed by atoms with Gasteiger partial charge in [0.25, 0.3) is 5.91 Å². The molecule has 2 heterocycles. The molecular formula is C24H28N2O6S. The predicted molar refractivity (Wildman–Crippen MR) is 123 cm³/mol. The molecule has 2 aromatic carbocycles. The van der Waals surface area contributed by atoms with Crippen molar-refractivity contribution in [2.75, 3.05) is 30.5 Å². The van der Waals surface area contributed by atoms with Crippen LogP contribution in [0.15, 0.2) is 54.6 Å². The number of esters is 1. The number of fused-ring (bicyclic) bond motifs is 1. The number of para-hydroxylation sites is 2. The summed E-state index contributed by atoms with van der Waals surface area (Å²) in [6, 6.07) is 15.8. The van der Waals surface area contributed by atoms with Gasteiger partial charge in [-0.15, -0.1) is 0 Å². The molecule has 2 aromatic rings. The van der Waals surface area contributed by atoms with Crippen molar-refractivity contribution in [2.24, 2.45) is 5.92 Å². The van der Waals surface area contributed by atoms with Crippen molar-refractivity contribution in [3.8, 4) is 5.75 Å². The summed E-state index contributed by atoms with van der Waals surface area (Å²) in [5.41, 5.74) is 1.10. The van der Waals surface area contributed by atoms with Crippen molar-refractivity contribution in [2.45, 2.75) is 31.6 Å². The Morgan fingerprint density at radius 3 is 2.39 bits per heavy atom. The van der Waals surface area contributed by atoms with Crippen molar-refractivity contribution in [1.29, 1.82) is 0 Å². The SMILES string of the molecule is CCOC(=O)C1CCN(C(=O)[C@@H]2CN(S(=O)(=O)Cc3ccccc3)c3ccccc3O2)CC1. The summed E-state index contributed by atoms with van der Waals surface area (Å²) >= 11 is 0. The molecular weight excluding hydrogens is 444 g/mol. The molecule has 176 valence electrons.